The molecule has 4 nitrogen and oxygen atoms in total. The maximum atomic E-state index is 12.3. The summed E-state index contributed by atoms with van der Waals surface area (Å²) in [4.78, 5) is 24.8. The Morgan fingerprint density at radius 1 is 1.08 bits per heavy atom. The Morgan fingerprint density at radius 3 is 2.50 bits per heavy atom. The number of carbonyl (C=O) groups excluding carboxylic acids is 2. The lowest BCUT2D eigenvalue weighted by atomic mass is 9.98. The molecule has 0 bridgehead atoms. The molecule has 26 heavy (non-hydrogen) atoms. The summed E-state index contributed by atoms with van der Waals surface area (Å²) in [5.74, 6) is -0.381. The van der Waals surface area contributed by atoms with Crippen molar-refractivity contribution in [2.75, 3.05) is 13.7 Å². The minimum atomic E-state index is -0.471. The number of Topliss-reactive ketones (excluding diaryl/α,β-unsaturated/α-hetero) is 1. The Kier molecular flexibility index (Phi) is 5.59. The van der Waals surface area contributed by atoms with Gasteiger partial charge in [0.15, 0.2) is 6.61 Å². The van der Waals surface area contributed by atoms with Crippen molar-refractivity contribution in [3.05, 3.63) is 63.3 Å². The largest absolute Gasteiger partial charge is 0.497 e. The third kappa shape index (κ3) is 4.06. The fourth-order valence-corrected chi connectivity index (χ4v) is 3.54. The number of esters is 1. The lowest BCUT2D eigenvalue weighted by molar-refractivity contribution is -0.143. The van der Waals surface area contributed by atoms with Gasteiger partial charge in [-0.25, -0.2) is 0 Å². The summed E-state index contributed by atoms with van der Waals surface area (Å²) in [5.41, 5.74) is 0.833. The van der Waals surface area contributed by atoms with Crippen LogP contribution >= 0.6 is 22.9 Å². The van der Waals surface area contributed by atoms with Gasteiger partial charge < -0.3 is 9.47 Å². The van der Waals surface area contributed by atoms with E-state index in [0.717, 1.165) is 22.1 Å². The van der Waals surface area contributed by atoms with Gasteiger partial charge in [0.25, 0.3) is 0 Å². The summed E-state index contributed by atoms with van der Waals surface area (Å²) in [7, 11) is 1.62. The summed E-state index contributed by atoms with van der Waals surface area (Å²) in [6.07, 6.45) is 0. The SMILES string of the molecule is COc1ccc2cc([C@H](C)C(=O)OCC(=O)c3ccc(Cl)s3)ccc2c1. The molecule has 134 valence electrons. The van der Waals surface area contributed by atoms with E-state index in [1.807, 2.05) is 36.4 Å². The molecule has 0 spiro atoms. The monoisotopic (exact) mass is 388 g/mol. The van der Waals surface area contributed by atoms with E-state index in [-0.39, 0.29) is 12.4 Å². The molecular weight excluding hydrogens is 372 g/mol. The van der Waals surface area contributed by atoms with Gasteiger partial charge in [-0.3, -0.25) is 9.59 Å². The number of ether oxygens (including phenoxy) is 2. The number of methoxy groups -OCH3 is 1. The van der Waals surface area contributed by atoms with Gasteiger partial charge in [-0.15, -0.1) is 11.3 Å². The first-order valence-electron chi connectivity index (χ1n) is 8.01. The fraction of sp³-hybridized carbons (Fsp3) is 0.200. The molecule has 0 N–H and O–H groups in total. The number of thiophene rings is 1. The molecule has 0 saturated heterocycles. The number of carbonyl (C=O) groups is 2. The van der Waals surface area contributed by atoms with E-state index in [0.29, 0.717) is 9.21 Å². The second-order valence-corrected chi connectivity index (χ2v) is 7.54. The van der Waals surface area contributed by atoms with Gasteiger partial charge >= 0.3 is 5.97 Å². The number of benzene rings is 2. The van der Waals surface area contributed by atoms with Gasteiger partial charge in [-0.2, -0.15) is 0 Å². The molecule has 0 aliphatic heterocycles. The summed E-state index contributed by atoms with van der Waals surface area (Å²) < 4.78 is 10.9. The zero-order chi connectivity index (χ0) is 18.7. The highest BCUT2D eigenvalue weighted by Crippen LogP contribution is 2.26. The summed E-state index contributed by atoms with van der Waals surface area (Å²) >= 11 is 6.99. The maximum absolute atomic E-state index is 12.3. The number of hydrogen-bond acceptors (Lipinski definition) is 5. The van der Waals surface area contributed by atoms with E-state index in [1.54, 1.807) is 26.2 Å². The molecule has 0 aliphatic carbocycles. The molecule has 6 heteroatoms. The zero-order valence-corrected chi connectivity index (χ0v) is 15.9. The van der Waals surface area contributed by atoms with Crippen LogP contribution < -0.4 is 4.74 Å². The predicted molar refractivity (Wildman–Crippen MR) is 104 cm³/mol. The van der Waals surface area contributed by atoms with Crippen molar-refractivity contribution in [1.82, 2.24) is 0 Å². The molecular formula is C20H17ClO4S. The number of fused-ring (bicyclic) bond motifs is 1. The molecule has 0 amide bonds. The molecule has 1 heterocycles. The summed E-state index contributed by atoms with van der Waals surface area (Å²) in [6, 6.07) is 14.8. The molecule has 0 aliphatic rings. The standard InChI is InChI=1S/C20H17ClO4S/c1-12(20(23)25-11-17(22)18-7-8-19(21)26-18)13-3-4-15-10-16(24-2)6-5-14(15)9-13/h3-10,12H,11H2,1-2H3/t12-/m0/s1. The lowest BCUT2D eigenvalue weighted by Gasteiger charge is -2.12. The Labute approximate surface area is 160 Å². The molecule has 2 aromatic carbocycles. The van der Waals surface area contributed by atoms with Gasteiger partial charge in [-0.05, 0) is 47.5 Å². The van der Waals surface area contributed by atoms with E-state index < -0.39 is 11.9 Å². The molecule has 0 saturated carbocycles. The Balaban J connectivity index is 1.67. The normalized spacial score (nSPS) is 12.0. The fourth-order valence-electron chi connectivity index (χ4n) is 2.57. The zero-order valence-electron chi connectivity index (χ0n) is 14.3. The second kappa shape index (κ2) is 7.89. The highest BCUT2D eigenvalue weighted by atomic mass is 35.5. The molecule has 1 atom stereocenters. The van der Waals surface area contributed by atoms with E-state index in [4.69, 9.17) is 21.1 Å². The van der Waals surface area contributed by atoms with Crippen LogP contribution in [0.15, 0.2) is 48.5 Å². The van der Waals surface area contributed by atoms with Crippen molar-refractivity contribution in [3.63, 3.8) is 0 Å². The number of halogens is 1. The molecule has 1 aromatic heterocycles. The van der Waals surface area contributed by atoms with Gasteiger partial charge in [0, 0.05) is 0 Å². The third-order valence-corrected chi connectivity index (χ3v) is 5.39. The number of ketones is 1. The van der Waals surface area contributed by atoms with Crippen LogP contribution in [0.3, 0.4) is 0 Å². The first-order chi connectivity index (χ1) is 12.5. The Hall–Kier alpha value is -2.37. The second-order valence-electron chi connectivity index (χ2n) is 5.83. The molecule has 0 unspecified atom stereocenters. The smallest absolute Gasteiger partial charge is 0.313 e. The van der Waals surface area contributed by atoms with Crippen LogP contribution in [-0.2, 0) is 9.53 Å². The highest BCUT2D eigenvalue weighted by molar-refractivity contribution is 7.18. The first kappa shape index (κ1) is 18.4. The van der Waals surface area contributed by atoms with Crippen molar-refractivity contribution in [2.24, 2.45) is 0 Å². The lowest BCUT2D eigenvalue weighted by Crippen LogP contribution is -2.18. The van der Waals surface area contributed by atoms with Crippen LogP contribution in [0, 0.1) is 0 Å². The van der Waals surface area contributed by atoms with Crippen LogP contribution in [0.25, 0.3) is 10.8 Å². The number of hydrogen-bond donors (Lipinski definition) is 0. The summed E-state index contributed by atoms with van der Waals surface area (Å²) in [5, 5.41) is 2.03. The van der Waals surface area contributed by atoms with Gasteiger partial charge in [0.1, 0.15) is 5.75 Å². The van der Waals surface area contributed by atoms with Crippen molar-refractivity contribution < 1.29 is 19.1 Å². The molecule has 3 rings (SSSR count). The van der Waals surface area contributed by atoms with Gasteiger partial charge in [0.2, 0.25) is 5.78 Å². The van der Waals surface area contributed by atoms with E-state index in [2.05, 4.69) is 0 Å². The van der Waals surface area contributed by atoms with Crippen LogP contribution in [0.1, 0.15) is 28.1 Å². The molecule has 0 radical (unpaired) electrons. The van der Waals surface area contributed by atoms with Crippen LogP contribution in [-0.4, -0.2) is 25.5 Å². The van der Waals surface area contributed by atoms with E-state index in [9.17, 15) is 9.59 Å². The predicted octanol–water partition coefficient (Wildman–Crippen LogP) is 5.09. The quantitative estimate of drug-likeness (QED) is 0.436. The van der Waals surface area contributed by atoms with E-state index >= 15 is 0 Å². The van der Waals surface area contributed by atoms with Gasteiger partial charge in [-0.1, -0.05) is 35.9 Å². The summed E-state index contributed by atoms with van der Waals surface area (Å²) in [6.45, 7) is 1.48. The Morgan fingerprint density at radius 2 is 1.81 bits per heavy atom. The minimum absolute atomic E-state index is 0.256. The topological polar surface area (TPSA) is 52.6 Å². The van der Waals surface area contributed by atoms with E-state index in [1.165, 1.54) is 11.3 Å². The average Bonchev–Trinajstić information content (AvgIpc) is 3.10. The number of rotatable bonds is 6. The highest BCUT2D eigenvalue weighted by Gasteiger charge is 2.19. The van der Waals surface area contributed by atoms with Crippen LogP contribution in [0.2, 0.25) is 4.34 Å². The van der Waals surface area contributed by atoms with Crippen LogP contribution in [0.5, 0.6) is 5.75 Å². The average molecular weight is 389 g/mol. The van der Waals surface area contributed by atoms with Crippen LogP contribution in [0.4, 0.5) is 0 Å². The maximum Gasteiger partial charge on any atom is 0.313 e. The third-order valence-electron chi connectivity index (χ3n) is 4.12. The minimum Gasteiger partial charge on any atom is -0.497 e. The van der Waals surface area contributed by atoms with Crippen molar-refractivity contribution in [3.8, 4) is 5.75 Å². The molecule has 0 fully saturated rings. The van der Waals surface area contributed by atoms with Crippen molar-refractivity contribution in [1.29, 1.82) is 0 Å². The van der Waals surface area contributed by atoms with Gasteiger partial charge in [0.05, 0.1) is 22.2 Å². The van der Waals surface area contributed by atoms with Crippen molar-refractivity contribution in [2.45, 2.75) is 12.8 Å². The molecule has 3 aromatic rings. The first-order valence-corrected chi connectivity index (χ1v) is 9.20. The Bertz CT molecular complexity index is 963. The van der Waals surface area contributed by atoms with Crippen molar-refractivity contribution >= 4 is 45.5 Å².